The summed E-state index contributed by atoms with van der Waals surface area (Å²) in [6.45, 7) is 0. The van der Waals surface area contributed by atoms with Crippen molar-refractivity contribution in [2.45, 2.75) is 25.7 Å². The third-order valence-electron chi connectivity index (χ3n) is 7.52. The molecular weight excluding hydrogens is 468 g/mol. The molecule has 186 valence electrons. The zero-order valence-corrected chi connectivity index (χ0v) is 21.0. The van der Waals surface area contributed by atoms with Gasteiger partial charge in [-0.25, -0.2) is 9.78 Å². The summed E-state index contributed by atoms with van der Waals surface area (Å²) in [5, 5.41) is 12.3. The van der Waals surface area contributed by atoms with E-state index in [1.807, 2.05) is 0 Å². The zero-order valence-electron chi connectivity index (χ0n) is 21.0. The van der Waals surface area contributed by atoms with Gasteiger partial charge in [0.1, 0.15) is 5.69 Å². The van der Waals surface area contributed by atoms with Crippen LogP contribution < -0.4 is 0 Å². The summed E-state index contributed by atoms with van der Waals surface area (Å²) in [5.41, 5.74) is 8.35. The predicted molar refractivity (Wildman–Crippen MR) is 153 cm³/mol. The van der Waals surface area contributed by atoms with Crippen molar-refractivity contribution in [2.24, 2.45) is 5.92 Å². The Morgan fingerprint density at radius 3 is 2.58 bits per heavy atom. The lowest BCUT2D eigenvalue weighted by atomic mass is 9.72. The first kappa shape index (κ1) is 23.8. The Balaban J connectivity index is 0.000000171. The SMILES string of the molecule is C1=CC2=C(CC1)C(Cc1ccccc1)Cc1c2ccc2ccccc12.O=C(O)c1ccc2cnccc2n1. The fourth-order valence-electron chi connectivity index (χ4n) is 5.72. The number of nitrogens with zero attached hydrogens (tertiary/aromatic N) is 2. The number of carboxylic acids is 1. The van der Waals surface area contributed by atoms with E-state index in [4.69, 9.17) is 5.11 Å². The van der Waals surface area contributed by atoms with Gasteiger partial charge in [0.15, 0.2) is 0 Å². The quantitative estimate of drug-likeness (QED) is 0.278. The van der Waals surface area contributed by atoms with Crippen molar-refractivity contribution in [1.29, 1.82) is 0 Å². The van der Waals surface area contributed by atoms with Crippen LogP contribution in [0.2, 0.25) is 0 Å². The number of pyridine rings is 2. The second kappa shape index (κ2) is 10.4. The summed E-state index contributed by atoms with van der Waals surface area (Å²) >= 11 is 0. The lowest BCUT2D eigenvalue weighted by molar-refractivity contribution is 0.0691. The second-order valence-electron chi connectivity index (χ2n) is 9.85. The van der Waals surface area contributed by atoms with Gasteiger partial charge in [-0.05, 0) is 82.8 Å². The minimum absolute atomic E-state index is 0.0544. The van der Waals surface area contributed by atoms with Crippen molar-refractivity contribution in [3.05, 3.63) is 137 Å². The van der Waals surface area contributed by atoms with Gasteiger partial charge in [-0.15, -0.1) is 0 Å². The molecule has 1 atom stereocenters. The van der Waals surface area contributed by atoms with E-state index in [1.54, 1.807) is 35.7 Å². The number of carboxylic acid groups (broad SMARTS) is 1. The molecule has 0 fully saturated rings. The number of allylic oxidation sites excluding steroid dienone is 4. The molecule has 0 bridgehead atoms. The van der Waals surface area contributed by atoms with Crippen molar-refractivity contribution in [2.75, 3.05) is 0 Å². The van der Waals surface area contributed by atoms with Crippen LogP contribution in [-0.2, 0) is 12.8 Å². The monoisotopic (exact) mass is 496 g/mol. The van der Waals surface area contributed by atoms with Gasteiger partial charge in [-0.2, -0.15) is 0 Å². The normalized spacial score (nSPS) is 15.9. The molecule has 3 aromatic carbocycles. The highest BCUT2D eigenvalue weighted by atomic mass is 16.4. The van der Waals surface area contributed by atoms with Crippen molar-refractivity contribution in [1.82, 2.24) is 9.97 Å². The van der Waals surface area contributed by atoms with Gasteiger partial charge in [0.25, 0.3) is 0 Å². The molecule has 2 aromatic heterocycles. The molecule has 2 aliphatic carbocycles. The second-order valence-corrected chi connectivity index (χ2v) is 9.85. The van der Waals surface area contributed by atoms with Gasteiger partial charge >= 0.3 is 5.97 Å². The van der Waals surface area contributed by atoms with Crippen LogP contribution in [0.25, 0.3) is 27.2 Å². The van der Waals surface area contributed by atoms with Crippen molar-refractivity contribution in [3.8, 4) is 0 Å². The van der Waals surface area contributed by atoms with E-state index in [2.05, 4.69) is 88.9 Å². The number of benzene rings is 3. The number of hydrogen-bond donors (Lipinski definition) is 1. The average Bonchev–Trinajstić information content (AvgIpc) is 2.98. The Hall–Kier alpha value is -4.57. The first-order chi connectivity index (χ1) is 18.7. The molecule has 7 rings (SSSR count). The van der Waals surface area contributed by atoms with E-state index >= 15 is 0 Å². The van der Waals surface area contributed by atoms with Gasteiger partial charge in [-0.3, -0.25) is 4.98 Å². The first-order valence-corrected chi connectivity index (χ1v) is 13.1. The van der Waals surface area contributed by atoms with Gasteiger partial charge in [0.2, 0.25) is 0 Å². The van der Waals surface area contributed by atoms with Crippen LogP contribution in [0.5, 0.6) is 0 Å². The van der Waals surface area contributed by atoms with E-state index in [0.717, 1.165) is 18.2 Å². The number of hydrogen-bond acceptors (Lipinski definition) is 3. The maximum Gasteiger partial charge on any atom is 0.354 e. The van der Waals surface area contributed by atoms with E-state index in [1.165, 1.54) is 46.4 Å². The van der Waals surface area contributed by atoms with Crippen molar-refractivity contribution < 1.29 is 9.90 Å². The van der Waals surface area contributed by atoms with Crippen LogP contribution in [0.3, 0.4) is 0 Å². The van der Waals surface area contributed by atoms with Crippen LogP contribution in [0.1, 0.15) is 40.0 Å². The van der Waals surface area contributed by atoms with E-state index in [9.17, 15) is 4.79 Å². The summed E-state index contributed by atoms with van der Waals surface area (Å²) in [4.78, 5) is 18.4. The average molecular weight is 497 g/mol. The Morgan fingerprint density at radius 1 is 0.895 bits per heavy atom. The predicted octanol–water partition coefficient (Wildman–Crippen LogP) is 7.69. The number of rotatable bonds is 3. The van der Waals surface area contributed by atoms with Crippen LogP contribution in [-0.4, -0.2) is 21.0 Å². The zero-order chi connectivity index (χ0) is 25.9. The van der Waals surface area contributed by atoms with Crippen molar-refractivity contribution in [3.63, 3.8) is 0 Å². The lowest BCUT2D eigenvalue weighted by Gasteiger charge is -2.32. The molecule has 4 heteroatoms. The smallest absolute Gasteiger partial charge is 0.354 e. The Labute approximate surface area is 222 Å². The topological polar surface area (TPSA) is 63.1 Å². The fourth-order valence-corrected chi connectivity index (χ4v) is 5.72. The van der Waals surface area contributed by atoms with Gasteiger partial charge < -0.3 is 5.11 Å². The van der Waals surface area contributed by atoms with Gasteiger partial charge in [0, 0.05) is 17.8 Å². The highest BCUT2D eigenvalue weighted by Crippen LogP contribution is 2.43. The van der Waals surface area contributed by atoms with Crippen LogP contribution >= 0.6 is 0 Å². The minimum atomic E-state index is -1.02. The molecule has 0 amide bonds. The number of fused-ring (bicyclic) bond motifs is 5. The highest BCUT2D eigenvalue weighted by molar-refractivity contribution is 5.94. The summed E-state index contributed by atoms with van der Waals surface area (Å²) in [7, 11) is 0. The maximum atomic E-state index is 10.6. The highest BCUT2D eigenvalue weighted by Gasteiger charge is 2.28. The third kappa shape index (κ3) is 4.73. The summed E-state index contributed by atoms with van der Waals surface area (Å²) < 4.78 is 0. The Bertz CT molecular complexity index is 1700. The third-order valence-corrected chi connectivity index (χ3v) is 7.52. The molecule has 2 heterocycles. The molecule has 0 saturated heterocycles. The molecule has 0 radical (unpaired) electrons. The number of aromatic carboxylic acids is 1. The lowest BCUT2D eigenvalue weighted by Crippen LogP contribution is -2.20. The standard InChI is InChI=1S/C25H22.C9H6N2O2/c1-2-8-18(9-3-1)16-20-17-25-21-11-5-4-10-19(21)14-15-24(25)23-13-7-6-12-22(20)23;12-9(13)8-2-1-6-5-10-4-3-7(6)11-8/h1-5,7-11,13-15,20H,6,12,16-17H2;1-5H,(H,12,13). The Morgan fingerprint density at radius 2 is 1.71 bits per heavy atom. The van der Waals surface area contributed by atoms with E-state index < -0.39 is 5.97 Å². The molecule has 0 saturated carbocycles. The fraction of sp³-hybridized carbons (Fsp3) is 0.147. The maximum absolute atomic E-state index is 10.6. The van der Waals surface area contributed by atoms with Crippen LogP contribution in [0.15, 0.2) is 115 Å². The van der Waals surface area contributed by atoms with Crippen LogP contribution in [0.4, 0.5) is 0 Å². The first-order valence-electron chi connectivity index (χ1n) is 13.1. The molecule has 0 aliphatic heterocycles. The molecule has 1 unspecified atom stereocenters. The molecular formula is C34H28N2O2. The van der Waals surface area contributed by atoms with Gasteiger partial charge in [-0.1, -0.05) is 84.5 Å². The molecule has 0 spiro atoms. The van der Waals surface area contributed by atoms with Gasteiger partial charge in [0.05, 0.1) is 5.52 Å². The molecule has 2 aliphatic rings. The summed E-state index contributed by atoms with van der Waals surface area (Å²) in [5.74, 6) is -0.389. The number of carbonyl (C=O) groups is 1. The Kier molecular flexibility index (Phi) is 6.53. The van der Waals surface area contributed by atoms with Crippen molar-refractivity contribution >= 4 is 33.2 Å². The number of aromatic nitrogens is 2. The van der Waals surface area contributed by atoms with E-state index in [0.29, 0.717) is 11.4 Å². The minimum Gasteiger partial charge on any atom is -0.477 e. The summed E-state index contributed by atoms with van der Waals surface area (Å²) in [6.07, 6.45) is 12.7. The summed E-state index contributed by atoms with van der Waals surface area (Å²) in [6, 6.07) is 29.3. The molecule has 1 N–H and O–H groups in total. The van der Waals surface area contributed by atoms with Crippen LogP contribution in [0, 0.1) is 5.92 Å². The molecule has 5 aromatic rings. The van der Waals surface area contributed by atoms with E-state index in [-0.39, 0.29) is 5.69 Å². The largest absolute Gasteiger partial charge is 0.477 e. The molecule has 4 nitrogen and oxygen atoms in total. The molecule has 38 heavy (non-hydrogen) atoms.